The molecule has 0 aromatic heterocycles. The lowest BCUT2D eigenvalue weighted by atomic mass is 9.98. The van der Waals surface area contributed by atoms with Gasteiger partial charge in [0.05, 0.1) is 27.4 Å². The summed E-state index contributed by atoms with van der Waals surface area (Å²) in [4.78, 5) is 6.51. The van der Waals surface area contributed by atoms with E-state index in [1.807, 2.05) is 26.0 Å². The lowest BCUT2D eigenvalue weighted by Gasteiger charge is -2.25. The van der Waals surface area contributed by atoms with Crippen molar-refractivity contribution in [3.8, 4) is 6.07 Å². The minimum absolute atomic E-state index is 0.430. The average Bonchev–Trinajstić information content (AvgIpc) is 2.90. The van der Waals surface area contributed by atoms with Gasteiger partial charge in [-0.15, -0.1) is 0 Å². The van der Waals surface area contributed by atoms with Gasteiger partial charge in [-0.3, -0.25) is 0 Å². The van der Waals surface area contributed by atoms with E-state index in [1.165, 1.54) is 0 Å². The molecule has 1 aromatic rings. The summed E-state index contributed by atoms with van der Waals surface area (Å²) in [6.45, 7) is 5.02. The van der Waals surface area contributed by atoms with Crippen molar-refractivity contribution in [1.82, 2.24) is 0 Å². The zero-order valence-electron chi connectivity index (χ0n) is 13.2. The van der Waals surface area contributed by atoms with E-state index in [2.05, 4.69) is 31.9 Å². The Balaban J connectivity index is 2.25. The number of aliphatic imine (C=N–C) groups is 1. The minimum Gasteiger partial charge on any atom is -0.382 e. The first-order valence-corrected chi connectivity index (χ1v) is 8.65. The highest BCUT2D eigenvalue weighted by molar-refractivity contribution is 9.18. The Morgan fingerprint density at radius 3 is 2.91 bits per heavy atom. The van der Waals surface area contributed by atoms with Crippen LogP contribution in [0, 0.1) is 11.3 Å². The molecular formula is C17H19BrClN3O. The van der Waals surface area contributed by atoms with E-state index in [-0.39, 0.29) is 0 Å². The molecule has 0 radical (unpaired) electrons. The fourth-order valence-electron chi connectivity index (χ4n) is 2.71. The van der Waals surface area contributed by atoms with Crippen LogP contribution in [0.4, 0.5) is 5.69 Å². The number of hydrogen-bond acceptors (Lipinski definition) is 4. The second kappa shape index (κ2) is 7.48. The van der Waals surface area contributed by atoms with E-state index in [9.17, 15) is 5.11 Å². The maximum atomic E-state index is 11.0. The van der Waals surface area contributed by atoms with Gasteiger partial charge < -0.3 is 10.0 Å². The first-order valence-electron chi connectivity index (χ1n) is 7.48. The number of allylic oxidation sites excluding steroid dienone is 1. The Labute approximate surface area is 150 Å². The van der Waals surface area contributed by atoms with Gasteiger partial charge in [0.15, 0.2) is 0 Å². The molecular weight excluding hydrogens is 378 g/mol. The number of nitrogens with zero attached hydrogens (tertiary/aromatic N) is 3. The van der Waals surface area contributed by atoms with E-state index < -0.39 is 5.60 Å². The lowest BCUT2D eigenvalue weighted by molar-refractivity contribution is 0.100. The number of aliphatic hydroxyl groups is 1. The molecule has 1 N–H and O–H groups in total. The van der Waals surface area contributed by atoms with Gasteiger partial charge in [0, 0.05) is 18.7 Å². The topological polar surface area (TPSA) is 59.6 Å². The molecule has 1 aliphatic heterocycles. The molecule has 1 fully saturated rings. The minimum atomic E-state index is -0.981. The molecule has 122 valence electrons. The predicted molar refractivity (Wildman–Crippen MR) is 98.4 cm³/mol. The summed E-state index contributed by atoms with van der Waals surface area (Å²) in [5.41, 5.74) is 1.07. The highest BCUT2D eigenvalue weighted by Crippen LogP contribution is 2.34. The van der Waals surface area contributed by atoms with Crippen molar-refractivity contribution in [2.75, 3.05) is 18.0 Å². The van der Waals surface area contributed by atoms with Crippen molar-refractivity contribution < 1.29 is 5.11 Å². The molecule has 6 heteroatoms. The molecule has 1 atom stereocenters. The van der Waals surface area contributed by atoms with Crippen molar-refractivity contribution in [3.63, 3.8) is 0 Å². The second-order valence-electron chi connectivity index (χ2n) is 5.59. The van der Waals surface area contributed by atoms with Gasteiger partial charge in [0.2, 0.25) is 0 Å². The Kier molecular flexibility index (Phi) is 5.85. The van der Waals surface area contributed by atoms with Crippen LogP contribution in [0.1, 0.15) is 32.3 Å². The number of nitriles is 1. The highest BCUT2D eigenvalue weighted by Gasteiger charge is 2.39. The summed E-state index contributed by atoms with van der Waals surface area (Å²) in [6, 6.07) is 7.39. The van der Waals surface area contributed by atoms with Crippen LogP contribution in [0.25, 0.3) is 0 Å². The van der Waals surface area contributed by atoms with Crippen LogP contribution >= 0.6 is 27.5 Å². The zero-order valence-corrected chi connectivity index (χ0v) is 15.5. The molecule has 0 spiro atoms. The molecule has 23 heavy (non-hydrogen) atoms. The van der Waals surface area contributed by atoms with Crippen molar-refractivity contribution in [2.24, 2.45) is 4.99 Å². The third-order valence-corrected chi connectivity index (χ3v) is 4.32. The average molecular weight is 397 g/mol. The van der Waals surface area contributed by atoms with Crippen molar-refractivity contribution >= 4 is 37.8 Å². The molecule has 1 heterocycles. The molecule has 1 aromatic carbocycles. The van der Waals surface area contributed by atoms with E-state index in [4.69, 9.17) is 16.9 Å². The first-order chi connectivity index (χ1) is 10.9. The summed E-state index contributed by atoms with van der Waals surface area (Å²) in [6.07, 6.45) is 3.37. The van der Waals surface area contributed by atoms with Crippen LogP contribution in [-0.4, -0.2) is 28.4 Å². The third-order valence-electron chi connectivity index (χ3n) is 3.83. The van der Waals surface area contributed by atoms with Gasteiger partial charge in [-0.1, -0.05) is 24.6 Å². The van der Waals surface area contributed by atoms with Crippen LogP contribution in [0.2, 0.25) is 5.02 Å². The van der Waals surface area contributed by atoms with E-state index in [0.717, 1.165) is 16.7 Å². The van der Waals surface area contributed by atoms with Gasteiger partial charge in [-0.05, 0) is 47.5 Å². The van der Waals surface area contributed by atoms with Gasteiger partial charge in [-0.25, -0.2) is 4.99 Å². The van der Waals surface area contributed by atoms with Crippen LogP contribution in [0.15, 0.2) is 35.0 Å². The van der Waals surface area contributed by atoms with Crippen LogP contribution in [-0.2, 0) is 0 Å². The second-order valence-corrected chi connectivity index (χ2v) is 7.14. The fourth-order valence-corrected chi connectivity index (χ4v) is 3.12. The van der Waals surface area contributed by atoms with Crippen LogP contribution in [0.3, 0.4) is 0 Å². The maximum Gasteiger partial charge on any atom is 0.125 e. The van der Waals surface area contributed by atoms with E-state index >= 15 is 0 Å². The number of benzene rings is 1. The summed E-state index contributed by atoms with van der Waals surface area (Å²) in [7, 11) is 0. The largest absolute Gasteiger partial charge is 0.382 e. The van der Waals surface area contributed by atoms with Crippen molar-refractivity contribution in [2.45, 2.75) is 32.3 Å². The number of rotatable bonds is 4. The highest BCUT2D eigenvalue weighted by atomic mass is 79.9. The predicted octanol–water partition coefficient (Wildman–Crippen LogP) is 4.26. The van der Waals surface area contributed by atoms with Crippen molar-refractivity contribution in [1.29, 1.82) is 5.26 Å². The Morgan fingerprint density at radius 1 is 1.61 bits per heavy atom. The molecule has 1 unspecified atom stereocenters. The zero-order chi connectivity index (χ0) is 17.0. The van der Waals surface area contributed by atoms with Crippen molar-refractivity contribution in [3.05, 3.63) is 40.6 Å². The summed E-state index contributed by atoms with van der Waals surface area (Å²) >= 11 is 9.45. The summed E-state index contributed by atoms with van der Waals surface area (Å²) < 4.78 is 0.741. The number of anilines is 1. The number of hydrogen-bond donors (Lipinski definition) is 1. The molecule has 0 saturated carbocycles. The number of β-amino-alcohol motifs (C(OH)–C–C–N with tert-alkyl or cyclic N) is 1. The van der Waals surface area contributed by atoms with E-state index in [1.54, 1.807) is 12.1 Å². The van der Waals surface area contributed by atoms with Crippen LogP contribution in [0.5, 0.6) is 0 Å². The Bertz CT molecular complexity index is 692. The first kappa shape index (κ1) is 18.0. The van der Waals surface area contributed by atoms with Gasteiger partial charge >= 0.3 is 0 Å². The SMILES string of the molecule is CC/C=C(\N=C(C)Br)C1(O)CCN(c2ccc(C#N)c(Cl)c2)C1. The number of halogens is 2. The molecule has 2 rings (SSSR count). The molecule has 1 saturated heterocycles. The Morgan fingerprint density at radius 2 is 2.35 bits per heavy atom. The standard InChI is InChI=1S/C17H19BrClN3O/c1-3-4-16(21-12(2)18)17(23)7-8-22(11-17)14-6-5-13(10-20)15(19)9-14/h4-6,9,23H,3,7-8,11H2,1-2H3/b16-4-,21-12?. The molecule has 0 aliphatic carbocycles. The van der Waals surface area contributed by atoms with Gasteiger partial charge in [0.25, 0.3) is 0 Å². The molecule has 0 amide bonds. The third kappa shape index (κ3) is 4.14. The lowest BCUT2D eigenvalue weighted by Crippen LogP contribution is -2.35. The summed E-state index contributed by atoms with van der Waals surface area (Å²) in [5, 5.41) is 20.4. The van der Waals surface area contributed by atoms with Gasteiger partial charge in [-0.2, -0.15) is 5.26 Å². The molecule has 0 bridgehead atoms. The smallest absolute Gasteiger partial charge is 0.125 e. The quantitative estimate of drug-likeness (QED) is 0.774. The monoisotopic (exact) mass is 395 g/mol. The molecule has 1 aliphatic rings. The normalized spacial score (nSPS) is 22.3. The van der Waals surface area contributed by atoms with Crippen LogP contribution < -0.4 is 4.90 Å². The summed E-state index contributed by atoms with van der Waals surface area (Å²) in [5.74, 6) is 0. The van der Waals surface area contributed by atoms with E-state index in [0.29, 0.717) is 35.8 Å². The maximum absolute atomic E-state index is 11.0. The molecule has 4 nitrogen and oxygen atoms in total. The fraction of sp³-hybridized carbons (Fsp3) is 0.412. The Hall–Kier alpha value is -1.35. The van der Waals surface area contributed by atoms with Gasteiger partial charge in [0.1, 0.15) is 11.7 Å².